The lowest BCUT2D eigenvalue weighted by Gasteiger charge is -2.09. The number of fused-ring (bicyclic) bond motifs is 1. The molecular formula is C12H9ClN2O4. The van der Waals surface area contributed by atoms with Crippen molar-refractivity contribution in [3.8, 4) is 28.9 Å². The fraction of sp³-hybridized carbons (Fsp3) is 0.167. The van der Waals surface area contributed by atoms with Crippen molar-refractivity contribution in [3.63, 3.8) is 0 Å². The average molecular weight is 281 g/mol. The van der Waals surface area contributed by atoms with E-state index in [0.29, 0.717) is 17.2 Å². The number of aromatic nitrogens is 2. The minimum absolute atomic E-state index is 0.188. The van der Waals surface area contributed by atoms with Gasteiger partial charge < -0.3 is 18.9 Å². The molecule has 0 amide bonds. The summed E-state index contributed by atoms with van der Waals surface area (Å²) < 4.78 is 21.2. The Hall–Kier alpha value is -2.21. The van der Waals surface area contributed by atoms with Gasteiger partial charge in [0.25, 0.3) is 5.88 Å². The SMILES string of the molecule is COc1c(Cl)ncnc1Oc1ccc2c(c1)OCO2. The highest BCUT2D eigenvalue weighted by molar-refractivity contribution is 6.31. The largest absolute Gasteiger partial charge is 0.489 e. The molecule has 0 radical (unpaired) electrons. The van der Waals surface area contributed by atoms with Gasteiger partial charge in [0, 0.05) is 6.07 Å². The third kappa shape index (κ3) is 2.22. The summed E-state index contributed by atoms with van der Waals surface area (Å²) in [5.74, 6) is 2.36. The van der Waals surface area contributed by atoms with Gasteiger partial charge in [-0.05, 0) is 12.1 Å². The maximum Gasteiger partial charge on any atom is 0.267 e. The quantitative estimate of drug-likeness (QED) is 0.806. The van der Waals surface area contributed by atoms with Gasteiger partial charge in [0.1, 0.15) is 12.1 Å². The van der Waals surface area contributed by atoms with Crippen LogP contribution in [0.4, 0.5) is 0 Å². The Bertz CT molecular complexity index is 621. The molecule has 2 aromatic rings. The van der Waals surface area contributed by atoms with Crippen molar-refractivity contribution < 1.29 is 18.9 Å². The molecule has 0 unspecified atom stereocenters. The predicted molar refractivity (Wildman–Crippen MR) is 66.2 cm³/mol. The Morgan fingerprint density at radius 2 is 2.05 bits per heavy atom. The van der Waals surface area contributed by atoms with E-state index >= 15 is 0 Å². The van der Waals surface area contributed by atoms with Gasteiger partial charge in [-0.3, -0.25) is 0 Å². The predicted octanol–water partition coefficient (Wildman–Crippen LogP) is 2.66. The molecule has 0 spiro atoms. The number of nitrogens with zero attached hydrogens (tertiary/aromatic N) is 2. The molecule has 0 atom stereocenters. The van der Waals surface area contributed by atoms with Crippen molar-refractivity contribution in [3.05, 3.63) is 29.7 Å². The Morgan fingerprint density at radius 3 is 2.89 bits per heavy atom. The monoisotopic (exact) mass is 280 g/mol. The first-order chi connectivity index (χ1) is 9.28. The van der Waals surface area contributed by atoms with Gasteiger partial charge in [-0.25, -0.2) is 4.98 Å². The van der Waals surface area contributed by atoms with Crippen LogP contribution >= 0.6 is 11.6 Å². The minimum atomic E-state index is 0.188. The average Bonchev–Trinajstić information content (AvgIpc) is 2.86. The Morgan fingerprint density at radius 1 is 1.21 bits per heavy atom. The van der Waals surface area contributed by atoms with Crippen LogP contribution < -0.4 is 18.9 Å². The third-order valence-electron chi connectivity index (χ3n) is 2.49. The summed E-state index contributed by atoms with van der Waals surface area (Å²) in [5, 5.41) is 0.188. The maximum absolute atomic E-state index is 5.89. The van der Waals surface area contributed by atoms with Crippen LogP contribution in [0.15, 0.2) is 24.5 Å². The molecule has 7 heteroatoms. The van der Waals surface area contributed by atoms with Crippen LogP contribution in [0.3, 0.4) is 0 Å². The highest BCUT2D eigenvalue weighted by Crippen LogP contribution is 2.38. The zero-order valence-corrected chi connectivity index (χ0v) is 10.7. The first kappa shape index (κ1) is 11.9. The topological polar surface area (TPSA) is 62.7 Å². The van der Waals surface area contributed by atoms with E-state index in [1.54, 1.807) is 18.2 Å². The molecule has 0 N–H and O–H groups in total. The number of hydrogen-bond acceptors (Lipinski definition) is 6. The zero-order chi connectivity index (χ0) is 13.2. The molecule has 1 aromatic carbocycles. The van der Waals surface area contributed by atoms with E-state index < -0.39 is 0 Å². The second-order valence-electron chi connectivity index (χ2n) is 3.62. The molecule has 0 saturated carbocycles. The molecule has 1 aliphatic heterocycles. The molecule has 3 rings (SSSR count). The molecule has 2 heterocycles. The van der Waals surface area contributed by atoms with Crippen molar-refractivity contribution in [2.24, 2.45) is 0 Å². The number of benzene rings is 1. The van der Waals surface area contributed by atoms with Gasteiger partial charge in [-0.2, -0.15) is 4.98 Å². The van der Waals surface area contributed by atoms with Crippen LogP contribution in [-0.4, -0.2) is 23.9 Å². The summed E-state index contributed by atoms with van der Waals surface area (Å²) in [6.07, 6.45) is 1.30. The lowest BCUT2D eigenvalue weighted by atomic mass is 10.3. The van der Waals surface area contributed by atoms with Crippen molar-refractivity contribution in [1.29, 1.82) is 0 Å². The van der Waals surface area contributed by atoms with Crippen LogP contribution in [0, 0.1) is 0 Å². The molecule has 19 heavy (non-hydrogen) atoms. The summed E-state index contributed by atoms with van der Waals surface area (Å²) >= 11 is 5.89. The number of ether oxygens (including phenoxy) is 4. The van der Waals surface area contributed by atoms with Crippen LogP contribution in [0.2, 0.25) is 5.15 Å². The highest BCUT2D eigenvalue weighted by Gasteiger charge is 2.16. The van der Waals surface area contributed by atoms with Gasteiger partial charge in [0.2, 0.25) is 12.5 Å². The first-order valence-electron chi connectivity index (χ1n) is 5.40. The lowest BCUT2D eigenvalue weighted by molar-refractivity contribution is 0.174. The number of hydrogen-bond donors (Lipinski definition) is 0. The third-order valence-corrected chi connectivity index (χ3v) is 2.76. The van der Waals surface area contributed by atoms with Crippen LogP contribution in [0.1, 0.15) is 0 Å². The van der Waals surface area contributed by atoms with Crippen LogP contribution in [0.25, 0.3) is 0 Å². The van der Waals surface area contributed by atoms with E-state index in [0.717, 1.165) is 0 Å². The smallest absolute Gasteiger partial charge is 0.267 e. The Balaban J connectivity index is 1.91. The molecule has 0 aliphatic carbocycles. The van der Waals surface area contributed by atoms with E-state index in [1.165, 1.54) is 13.4 Å². The number of rotatable bonds is 3. The second-order valence-corrected chi connectivity index (χ2v) is 3.98. The zero-order valence-electron chi connectivity index (χ0n) is 9.92. The number of halogens is 1. The Kier molecular flexibility index (Phi) is 3.00. The molecule has 0 bridgehead atoms. The molecular weight excluding hydrogens is 272 g/mol. The van der Waals surface area contributed by atoms with Crippen molar-refractivity contribution >= 4 is 11.6 Å². The van der Waals surface area contributed by atoms with Gasteiger partial charge in [0.15, 0.2) is 16.7 Å². The summed E-state index contributed by atoms with van der Waals surface area (Å²) in [7, 11) is 1.47. The summed E-state index contributed by atoms with van der Waals surface area (Å²) in [5.41, 5.74) is 0. The maximum atomic E-state index is 5.89. The van der Waals surface area contributed by atoms with Gasteiger partial charge in [-0.15, -0.1) is 0 Å². The first-order valence-corrected chi connectivity index (χ1v) is 5.77. The standard InChI is InChI=1S/C12H9ClN2O4/c1-16-10-11(13)14-5-15-12(10)19-7-2-3-8-9(4-7)18-6-17-8/h2-5H,6H2,1H3. The summed E-state index contributed by atoms with van der Waals surface area (Å²) in [6.45, 7) is 0.210. The Labute approximate surface area is 113 Å². The fourth-order valence-corrected chi connectivity index (χ4v) is 1.84. The number of methoxy groups -OCH3 is 1. The lowest BCUT2D eigenvalue weighted by Crippen LogP contribution is -1.95. The fourth-order valence-electron chi connectivity index (χ4n) is 1.63. The molecule has 0 saturated heterocycles. The van der Waals surface area contributed by atoms with Gasteiger partial charge in [0.05, 0.1) is 7.11 Å². The minimum Gasteiger partial charge on any atom is -0.489 e. The van der Waals surface area contributed by atoms with Crippen molar-refractivity contribution in [2.75, 3.05) is 13.9 Å². The molecule has 6 nitrogen and oxygen atoms in total. The van der Waals surface area contributed by atoms with Gasteiger partial charge in [-0.1, -0.05) is 11.6 Å². The van der Waals surface area contributed by atoms with E-state index in [2.05, 4.69) is 9.97 Å². The summed E-state index contributed by atoms with van der Waals surface area (Å²) in [4.78, 5) is 7.80. The van der Waals surface area contributed by atoms with Crippen LogP contribution in [0.5, 0.6) is 28.9 Å². The molecule has 0 fully saturated rings. The normalized spacial score (nSPS) is 12.3. The highest BCUT2D eigenvalue weighted by atomic mass is 35.5. The molecule has 98 valence electrons. The van der Waals surface area contributed by atoms with E-state index in [9.17, 15) is 0 Å². The van der Waals surface area contributed by atoms with E-state index in [-0.39, 0.29) is 23.6 Å². The summed E-state index contributed by atoms with van der Waals surface area (Å²) in [6, 6.07) is 5.20. The van der Waals surface area contributed by atoms with Crippen molar-refractivity contribution in [2.45, 2.75) is 0 Å². The van der Waals surface area contributed by atoms with Gasteiger partial charge >= 0.3 is 0 Å². The molecule has 1 aliphatic rings. The second kappa shape index (κ2) is 4.81. The van der Waals surface area contributed by atoms with E-state index in [1.807, 2.05) is 0 Å². The van der Waals surface area contributed by atoms with E-state index in [4.69, 9.17) is 30.5 Å². The van der Waals surface area contributed by atoms with Crippen molar-refractivity contribution in [1.82, 2.24) is 9.97 Å². The molecule has 1 aromatic heterocycles. The van der Waals surface area contributed by atoms with Crippen LogP contribution in [-0.2, 0) is 0 Å².